The minimum absolute atomic E-state index is 0.0514. The molecular formula is C23H28Cl2N2O2S. The van der Waals surface area contributed by atoms with Crippen LogP contribution in [0.4, 0.5) is 0 Å². The Morgan fingerprint density at radius 3 is 2.40 bits per heavy atom. The third-order valence-electron chi connectivity index (χ3n) is 4.83. The van der Waals surface area contributed by atoms with E-state index in [1.807, 2.05) is 50.2 Å². The summed E-state index contributed by atoms with van der Waals surface area (Å²) in [7, 11) is 0. The van der Waals surface area contributed by atoms with Gasteiger partial charge in [0.15, 0.2) is 0 Å². The lowest BCUT2D eigenvalue weighted by Crippen LogP contribution is -2.49. The highest BCUT2D eigenvalue weighted by Crippen LogP contribution is 2.24. The molecule has 4 nitrogen and oxygen atoms in total. The number of carbonyl (C=O) groups is 2. The highest BCUT2D eigenvalue weighted by Gasteiger charge is 2.26. The SMILES string of the molecule is CC[C@@H](C)NC(=O)[C@H](C)N(Cc1ccc(Cl)c(Cl)c1)C(=O)CCSc1ccccc1. The molecular weight excluding hydrogens is 439 g/mol. The number of benzene rings is 2. The lowest BCUT2D eigenvalue weighted by atomic mass is 10.1. The number of hydrogen-bond donors (Lipinski definition) is 1. The molecule has 0 aliphatic carbocycles. The average Bonchev–Trinajstić information content (AvgIpc) is 2.74. The van der Waals surface area contributed by atoms with E-state index < -0.39 is 6.04 Å². The van der Waals surface area contributed by atoms with E-state index in [2.05, 4.69) is 5.32 Å². The van der Waals surface area contributed by atoms with Crippen molar-refractivity contribution in [2.75, 3.05) is 5.75 Å². The number of rotatable bonds is 10. The molecule has 2 rings (SSSR count). The maximum Gasteiger partial charge on any atom is 0.242 e. The fourth-order valence-electron chi connectivity index (χ4n) is 2.80. The van der Waals surface area contributed by atoms with Crippen LogP contribution in [0.1, 0.15) is 39.2 Å². The highest BCUT2D eigenvalue weighted by atomic mass is 35.5. The third-order valence-corrected chi connectivity index (χ3v) is 6.59. The first-order valence-electron chi connectivity index (χ1n) is 10.0. The molecule has 1 N–H and O–H groups in total. The van der Waals surface area contributed by atoms with E-state index >= 15 is 0 Å². The van der Waals surface area contributed by atoms with E-state index in [0.29, 0.717) is 28.8 Å². The molecule has 0 aliphatic heterocycles. The maximum atomic E-state index is 13.1. The molecule has 0 saturated carbocycles. The van der Waals surface area contributed by atoms with Crippen LogP contribution in [0.25, 0.3) is 0 Å². The van der Waals surface area contributed by atoms with Gasteiger partial charge in [-0.3, -0.25) is 9.59 Å². The van der Waals surface area contributed by atoms with Crippen molar-refractivity contribution in [3.63, 3.8) is 0 Å². The molecule has 162 valence electrons. The molecule has 0 heterocycles. The van der Waals surface area contributed by atoms with Gasteiger partial charge >= 0.3 is 0 Å². The summed E-state index contributed by atoms with van der Waals surface area (Å²) in [6.07, 6.45) is 1.16. The van der Waals surface area contributed by atoms with Crippen molar-refractivity contribution in [2.24, 2.45) is 0 Å². The Hall–Kier alpha value is -1.69. The first kappa shape index (κ1) is 24.6. The summed E-state index contributed by atoms with van der Waals surface area (Å²) >= 11 is 13.8. The van der Waals surface area contributed by atoms with Gasteiger partial charge in [0.25, 0.3) is 0 Å². The Bertz CT molecular complexity index is 848. The molecule has 0 saturated heterocycles. The van der Waals surface area contributed by atoms with Crippen molar-refractivity contribution in [2.45, 2.75) is 57.1 Å². The third kappa shape index (κ3) is 7.53. The molecule has 7 heteroatoms. The van der Waals surface area contributed by atoms with Crippen molar-refractivity contribution in [3.05, 3.63) is 64.1 Å². The van der Waals surface area contributed by atoms with Gasteiger partial charge in [-0.2, -0.15) is 0 Å². The zero-order chi connectivity index (χ0) is 22.1. The van der Waals surface area contributed by atoms with Crippen LogP contribution in [-0.4, -0.2) is 34.6 Å². The van der Waals surface area contributed by atoms with E-state index in [0.717, 1.165) is 16.9 Å². The molecule has 0 unspecified atom stereocenters. The van der Waals surface area contributed by atoms with Crippen molar-refractivity contribution >= 4 is 46.8 Å². The number of thioether (sulfide) groups is 1. The predicted octanol–water partition coefficient (Wildman–Crippen LogP) is 5.81. The lowest BCUT2D eigenvalue weighted by molar-refractivity contribution is -0.140. The molecule has 2 aromatic rings. The van der Waals surface area contributed by atoms with E-state index in [4.69, 9.17) is 23.2 Å². The Balaban J connectivity index is 2.10. The van der Waals surface area contributed by atoms with Gasteiger partial charge < -0.3 is 10.2 Å². The predicted molar refractivity (Wildman–Crippen MR) is 126 cm³/mol. The van der Waals surface area contributed by atoms with Gasteiger partial charge in [-0.25, -0.2) is 0 Å². The van der Waals surface area contributed by atoms with Crippen LogP contribution < -0.4 is 5.32 Å². The van der Waals surface area contributed by atoms with Crippen LogP contribution in [0.3, 0.4) is 0 Å². The topological polar surface area (TPSA) is 49.4 Å². The first-order valence-corrected chi connectivity index (χ1v) is 11.8. The second kappa shape index (κ2) is 12.2. The van der Waals surface area contributed by atoms with Crippen LogP contribution in [0.2, 0.25) is 10.0 Å². The van der Waals surface area contributed by atoms with Crippen LogP contribution >= 0.6 is 35.0 Å². The van der Waals surface area contributed by atoms with Gasteiger partial charge in [0.2, 0.25) is 11.8 Å². The van der Waals surface area contributed by atoms with Crippen molar-refractivity contribution in [1.82, 2.24) is 10.2 Å². The highest BCUT2D eigenvalue weighted by molar-refractivity contribution is 7.99. The minimum Gasteiger partial charge on any atom is -0.352 e. The fraction of sp³-hybridized carbons (Fsp3) is 0.391. The summed E-state index contributed by atoms with van der Waals surface area (Å²) < 4.78 is 0. The maximum absolute atomic E-state index is 13.1. The summed E-state index contributed by atoms with van der Waals surface area (Å²) in [6, 6.07) is 14.7. The van der Waals surface area contributed by atoms with Crippen molar-refractivity contribution in [1.29, 1.82) is 0 Å². The normalized spacial score (nSPS) is 12.8. The summed E-state index contributed by atoms with van der Waals surface area (Å²) in [6.45, 7) is 6.01. The Kier molecular flexibility index (Phi) is 10.0. The van der Waals surface area contributed by atoms with Crippen molar-refractivity contribution < 1.29 is 9.59 Å². The Morgan fingerprint density at radius 1 is 1.07 bits per heavy atom. The number of nitrogens with zero attached hydrogens (tertiary/aromatic N) is 1. The van der Waals surface area contributed by atoms with Crippen LogP contribution in [0.15, 0.2) is 53.4 Å². The van der Waals surface area contributed by atoms with Crippen LogP contribution in [-0.2, 0) is 16.1 Å². The number of amides is 2. The van der Waals surface area contributed by atoms with E-state index in [1.54, 1.807) is 35.7 Å². The molecule has 0 aromatic heterocycles. The van der Waals surface area contributed by atoms with Gasteiger partial charge in [0.05, 0.1) is 10.0 Å². The molecule has 0 aliphatic rings. The summed E-state index contributed by atoms with van der Waals surface area (Å²) in [5.74, 6) is 0.408. The summed E-state index contributed by atoms with van der Waals surface area (Å²) in [5.41, 5.74) is 0.830. The summed E-state index contributed by atoms with van der Waals surface area (Å²) in [4.78, 5) is 28.5. The van der Waals surface area contributed by atoms with E-state index in [-0.39, 0.29) is 17.9 Å². The lowest BCUT2D eigenvalue weighted by Gasteiger charge is -2.30. The van der Waals surface area contributed by atoms with Gasteiger partial charge in [0.1, 0.15) is 6.04 Å². The van der Waals surface area contributed by atoms with Gasteiger partial charge in [-0.15, -0.1) is 11.8 Å². The standard InChI is InChI=1S/C23H28Cl2N2O2S/c1-4-16(2)26-23(29)17(3)27(15-18-10-11-20(24)21(25)14-18)22(28)12-13-30-19-8-6-5-7-9-19/h5-11,14,16-17H,4,12-13,15H2,1-3H3,(H,26,29)/t16-,17+/m1/s1. The largest absolute Gasteiger partial charge is 0.352 e. The van der Waals surface area contributed by atoms with Crippen molar-refractivity contribution in [3.8, 4) is 0 Å². The number of nitrogens with one attached hydrogen (secondary N) is 1. The quantitative estimate of drug-likeness (QED) is 0.449. The fourth-order valence-corrected chi connectivity index (χ4v) is 3.98. The zero-order valence-corrected chi connectivity index (χ0v) is 19.9. The molecule has 30 heavy (non-hydrogen) atoms. The van der Waals surface area contributed by atoms with E-state index in [9.17, 15) is 9.59 Å². The monoisotopic (exact) mass is 466 g/mol. The number of carbonyl (C=O) groups excluding carboxylic acids is 2. The molecule has 0 fully saturated rings. The smallest absolute Gasteiger partial charge is 0.242 e. The zero-order valence-electron chi connectivity index (χ0n) is 17.5. The first-order chi connectivity index (χ1) is 14.3. The number of halogens is 2. The second-order valence-electron chi connectivity index (χ2n) is 7.18. The Morgan fingerprint density at radius 2 is 1.77 bits per heavy atom. The van der Waals surface area contributed by atoms with Crippen LogP contribution in [0.5, 0.6) is 0 Å². The molecule has 0 bridgehead atoms. The van der Waals surface area contributed by atoms with Gasteiger partial charge in [0, 0.05) is 29.7 Å². The average molecular weight is 467 g/mol. The molecule has 2 amide bonds. The van der Waals surface area contributed by atoms with Gasteiger partial charge in [-0.05, 0) is 50.1 Å². The summed E-state index contributed by atoms with van der Waals surface area (Å²) in [5, 5.41) is 3.85. The van der Waals surface area contributed by atoms with Crippen LogP contribution in [0, 0.1) is 0 Å². The molecule has 2 aromatic carbocycles. The Labute approximate surface area is 193 Å². The van der Waals surface area contributed by atoms with E-state index in [1.165, 1.54) is 0 Å². The molecule has 2 atom stereocenters. The number of hydrogen-bond acceptors (Lipinski definition) is 3. The van der Waals surface area contributed by atoms with Gasteiger partial charge in [-0.1, -0.05) is 54.4 Å². The molecule has 0 spiro atoms. The second-order valence-corrected chi connectivity index (χ2v) is 9.16. The minimum atomic E-state index is -0.595. The molecule has 0 radical (unpaired) electrons.